The predicted octanol–water partition coefficient (Wildman–Crippen LogP) is 2.92. The van der Waals surface area contributed by atoms with Crippen LogP contribution in [0.25, 0.3) is 11.3 Å². The summed E-state index contributed by atoms with van der Waals surface area (Å²) in [5, 5.41) is 2.47. The Morgan fingerprint density at radius 3 is 2.30 bits per heavy atom. The number of amides is 1. The molecule has 2 aromatic carbocycles. The van der Waals surface area contributed by atoms with E-state index < -0.39 is 10.0 Å². The normalized spacial score (nSPS) is 11.3. The molecule has 1 aromatic heterocycles. The summed E-state index contributed by atoms with van der Waals surface area (Å²) in [6.45, 7) is -0.0409. The fourth-order valence-corrected chi connectivity index (χ4v) is 3.41. The number of benzene rings is 2. The molecule has 0 saturated carbocycles. The van der Waals surface area contributed by atoms with Gasteiger partial charge in [-0.15, -0.1) is 0 Å². The van der Waals surface area contributed by atoms with Crippen LogP contribution in [0.4, 0.5) is 4.39 Å². The van der Waals surface area contributed by atoms with Gasteiger partial charge in [0.1, 0.15) is 17.3 Å². The lowest BCUT2D eigenvalue weighted by Gasteiger charge is -2.06. The number of rotatable bonds is 6. The third kappa shape index (κ3) is 4.42. The molecular weight excluding hydrogens is 371 g/mol. The van der Waals surface area contributed by atoms with Crippen LogP contribution in [0.5, 0.6) is 0 Å². The van der Waals surface area contributed by atoms with Gasteiger partial charge in [0.25, 0.3) is 5.91 Å². The summed E-state index contributed by atoms with van der Waals surface area (Å²) in [7, 11) is -2.26. The van der Waals surface area contributed by atoms with E-state index in [0.717, 1.165) is 0 Å². The van der Waals surface area contributed by atoms with Gasteiger partial charge < -0.3 is 9.73 Å². The van der Waals surface area contributed by atoms with Gasteiger partial charge >= 0.3 is 0 Å². The zero-order chi connectivity index (χ0) is 19.4. The average Bonchev–Trinajstić information content (AvgIpc) is 3.15. The second-order valence-corrected chi connectivity index (χ2v) is 7.47. The number of carbonyl (C=O) groups excluding carboxylic acids is 1. The highest BCUT2D eigenvalue weighted by molar-refractivity contribution is 7.89. The maximum atomic E-state index is 13.0. The molecule has 140 valence electrons. The Bertz CT molecular complexity index is 1040. The molecule has 0 unspecified atom stereocenters. The minimum absolute atomic E-state index is 0.0409. The number of hydrogen-bond donors (Lipinski definition) is 2. The van der Waals surface area contributed by atoms with Crippen molar-refractivity contribution < 1.29 is 22.0 Å². The zero-order valence-electron chi connectivity index (χ0n) is 14.4. The molecule has 0 radical (unpaired) electrons. The molecule has 0 aliphatic rings. The Balaban J connectivity index is 1.68. The summed E-state index contributed by atoms with van der Waals surface area (Å²) >= 11 is 0. The summed E-state index contributed by atoms with van der Waals surface area (Å²) in [6, 6.07) is 14.7. The van der Waals surface area contributed by atoms with Crippen molar-refractivity contribution in [3.8, 4) is 11.3 Å². The summed E-state index contributed by atoms with van der Waals surface area (Å²) in [4.78, 5) is 11.6. The fourth-order valence-electron chi connectivity index (χ4n) is 2.42. The highest BCUT2D eigenvalue weighted by Gasteiger charge is 2.16. The molecule has 0 atom stereocenters. The van der Waals surface area contributed by atoms with E-state index in [0.29, 0.717) is 22.6 Å². The number of carbonyl (C=O) groups is 1. The molecule has 2 N–H and O–H groups in total. The van der Waals surface area contributed by atoms with Crippen LogP contribution in [-0.4, -0.2) is 21.4 Å². The molecule has 27 heavy (non-hydrogen) atoms. The second kappa shape index (κ2) is 7.73. The molecule has 6 nitrogen and oxygen atoms in total. The Hall–Kier alpha value is -2.97. The summed E-state index contributed by atoms with van der Waals surface area (Å²) < 4.78 is 45.8. The summed E-state index contributed by atoms with van der Waals surface area (Å²) in [5.41, 5.74) is 1.06. The monoisotopic (exact) mass is 388 g/mol. The molecule has 1 amide bonds. The fraction of sp³-hybridized carbons (Fsp3) is 0.105. The molecule has 3 rings (SSSR count). The largest absolute Gasteiger partial charge is 0.460 e. The van der Waals surface area contributed by atoms with Crippen molar-refractivity contribution in [2.45, 2.75) is 11.4 Å². The molecule has 0 spiro atoms. The Morgan fingerprint density at radius 1 is 1.00 bits per heavy atom. The van der Waals surface area contributed by atoms with E-state index in [9.17, 15) is 17.6 Å². The Morgan fingerprint density at radius 2 is 1.67 bits per heavy atom. The van der Waals surface area contributed by atoms with Crippen LogP contribution in [0.2, 0.25) is 0 Å². The van der Waals surface area contributed by atoms with Gasteiger partial charge in [-0.3, -0.25) is 4.79 Å². The lowest BCUT2D eigenvalue weighted by Crippen LogP contribution is -2.23. The summed E-state index contributed by atoms with van der Waals surface area (Å²) in [5.74, 6) is 0.288. The van der Waals surface area contributed by atoms with Crippen LogP contribution in [-0.2, 0) is 16.6 Å². The van der Waals surface area contributed by atoms with E-state index in [2.05, 4.69) is 10.0 Å². The first kappa shape index (κ1) is 18.8. The van der Waals surface area contributed by atoms with Crippen molar-refractivity contribution in [2.24, 2.45) is 0 Å². The molecule has 0 fully saturated rings. The van der Waals surface area contributed by atoms with Crippen LogP contribution >= 0.6 is 0 Å². The van der Waals surface area contributed by atoms with Crippen LogP contribution in [0.1, 0.15) is 16.1 Å². The van der Waals surface area contributed by atoms with E-state index in [-0.39, 0.29) is 23.2 Å². The van der Waals surface area contributed by atoms with E-state index in [1.807, 2.05) is 0 Å². The number of sulfonamides is 1. The average molecular weight is 388 g/mol. The lowest BCUT2D eigenvalue weighted by atomic mass is 10.2. The smallest absolute Gasteiger partial charge is 0.251 e. The Labute approximate surface area is 156 Å². The first-order valence-electron chi connectivity index (χ1n) is 8.05. The third-order valence-corrected chi connectivity index (χ3v) is 5.30. The van der Waals surface area contributed by atoms with Crippen LogP contribution in [0.3, 0.4) is 0 Å². The quantitative estimate of drug-likeness (QED) is 0.680. The standard InChI is InChI=1S/C19H17FN2O4S/c1-21-19(23)14-4-9-17(10-5-14)27(24,25)22-12-16-8-11-18(26-16)13-2-6-15(20)7-3-13/h2-11,22H,12H2,1H3,(H,21,23). The Kier molecular flexibility index (Phi) is 5.38. The van der Waals surface area contributed by atoms with Gasteiger partial charge in [0.2, 0.25) is 10.0 Å². The predicted molar refractivity (Wildman–Crippen MR) is 98.0 cm³/mol. The maximum Gasteiger partial charge on any atom is 0.251 e. The molecule has 0 aliphatic heterocycles. The number of halogens is 1. The molecule has 1 heterocycles. The molecule has 0 aliphatic carbocycles. The number of furan rings is 1. The number of hydrogen-bond acceptors (Lipinski definition) is 4. The minimum Gasteiger partial charge on any atom is -0.460 e. The molecule has 0 saturated heterocycles. The molecule has 0 bridgehead atoms. The van der Waals surface area contributed by atoms with Crippen molar-refractivity contribution in [3.05, 3.63) is 77.8 Å². The van der Waals surface area contributed by atoms with Gasteiger partial charge in [-0.2, -0.15) is 0 Å². The minimum atomic E-state index is -3.76. The van der Waals surface area contributed by atoms with Gasteiger partial charge in [0.15, 0.2) is 0 Å². The van der Waals surface area contributed by atoms with E-state index >= 15 is 0 Å². The van der Waals surface area contributed by atoms with Crippen molar-refractivity contribution in [1.82, 2.24) is 10.0 Å². The number of nitrogens with one attached hydrogen (secondary N) is 2. The van der Waals surface area contributed by atoms with E-state index in [4.69, 9.17) is 4.42 Å². The van der Waals surface area contributed by atoms with Gasteiger partial charge in [-0.05, 0) is 60.7 Å². The van der Waals surface area contributed by atoms with E-state index in [1.165, 1.54) is 43.4 Å². The first-order valence-corrected chi connectivity index (χ1v) is 9.54. The second-order valence-electron chi connectivity index (χ2n) is 5.70. The first-order chi connectivity index (χ1) is 12.9. The van der Waals surface area contributed by atoms with Crippen molar-refractivity contribution in [3.63, 3.8) is 0 Å². The van der Waals surface area contributed by atoms with Crippen molar-refractivity contribution >= 4 is 15.9 Å². The highest BCUT2D eigenvalue weighted by atomic mass is 32.2. The topological polar surface area (TPSA) is 88.4 Å². The molecule has 8 heteroatoms. The molecular formula is C19H17FN2O4S. The maximum absolute atomic E-state index is 13.0. The third-order valence-electron chi connectivity index (χ3n) is 3.88. The van der Waals surface area contributed by atoms with Crippen molar-refractivity contribution in [1.29, 1.82) is 0 Å². The highest BCUT2D eigenvalue weighted by Crippen LogP contribution is 2.22. The van der Waals surface area contributed by atoms with E-state index in [1.54, 1.807) is 24.3 Å². The van der Waals surface area contributed by atoms with Crippen LogP contribution < -0.4 is 10.0 Å². The molecule has 3 aromatic rings. The summed E-state index contributed by atoms with van der Waals surface area (Å²) in [6.07, 6.45) is 0. The SMILES string of the molecule is CNC(=O)c1ccc(S(=O)(=O)NCc2ccc(-c3ccc(F)cc3)o2)cc1. The van der Waals surface area contributed by atoms with Crippen molar-refractivity contribution in [2.75, 3.05) is 7.05 Å². The van der Waals surface area contributed by atoms with Crippen LogP contribution in [0.15, 0.2) is 70.0 Å². The lowest BCUT2D eigenvalue weighted by molar-refractivity contribution is 0.0963. The zero-order valence-corrected chi connectivity index (χ0v) is 15.2. The van der Waals surface area contributed by atoms with Crippen LogP contribution in [0, 0.1) is 5.82 Å². The van der Waals surface area contributed by atoms with Gasteiger partial charge in [-0.1, -0.05) is 0 Å². The van der Waals surface area contributed by atoms with Gasteiger partial charge in [-0.25, -0.2) is 17.5 Å². The van der Waals surface area contributed by atoms with Gasteiger partial charge in [0, 0.05) is 18.2 Å². The van der Waals surface area contributed by atoms with Gasteiger partial charge in [0.05, 0.1) is 11.4 Å².